The molecule has 1 aliphatic heterocycles. The van der Waals surface area contributed by atoms with Crippen LogP contribution in [0.1, 0.15) is 17.5 Å². The number of hydrogen-bond donors (Lipinski definition) is 2. The molecular weight excluding hydrogens is 400 g/mol. The molecule has 1 heterocycles. The van der Waals surface area contributed by atoms with E-state index >= 15 is 0 Å². The monoisotopic (exact) mass is 428 g/mol. The Balaban J connectivity index is 1.39. The van der Waals surface area contributed by atoms with E-state index < -0.39 is 11.8 Å². The van der Waals surface area contributed by atoms with Crippen LogP contribution in [-0.4, -0.2) is 56.5 Å². The zero-order valence-corrected chi connectivity index (χ0v) is 18.3. The predicted octanol–water partition coefficient (Wildman–Crippen LogP) is 3.09. The Labute approximate surface area is 183 Å². The maximum Gasteiger partial charge on any atom is 0.313 e. The lowest BCUT2D eigenvalue weighted by atomic mass is 10.1. The lowest BCUT2D eigenvalue weighted by Crippen LogP contribution is -2.44. The van der Waals surface area contributed by atoms with Crippen molar-refractivity contribution in [3.05, 3.63) is 58.6 Å². The van der Waals surface area contributed by atoms with Gasteiger partial charge in [-0.05, 0) is 62.2 Å². The molecule has 2 amide bonds. The highest BCUT2D eigenvalue weighted by atomic mass is 35.5. The lowest BCUT2D eigenvalue weighted by molar-refractivity contribution is -0.136. The normalized spacial score (nSPS) is 14.4. The first-order valence-electron chi connectivity index (χ1n) is 10.3. The topological polar surface area (TPSA) is 64.7 Å². The summed E-state index contributed by atoms with van der Waals surface area (Å²) in [5.41, 5.74) is 3.87. The Morgan fingerprint density at radius 3 is 2.40 bits per heavy atom. The standard InChI is InChI=1S/C23H29ClN4O2/c1-17-5-8-19(24)16-21(17)26-23(30)22(29)25-11-3-4-18-6-9-20(10-7-18)28-14-12-27(2)13-15-28/h5-10,16H,3-4,11-15H2,1-2H3,(H,25,29)(H,26,30). The number of rotatable bonds is 6. The highest BCUT2D eigenvalue weighted by Gasteiger charge is 2.15. The van der Waals surface area contributed by atoms with E-state index in [1.807, 2.05) is 6.92 Å². The summed E-state index contributed by atoms with van der Waals surface area (Å²) >= 11 is 5.94. The maximum atomic E-state index is 12.1. The van der Waals surface area contributed by atoms with E-state index in [0.29, 0.717) is 17.3 Å². The molecule has 30 heavy (non-hydrogen) atoms. The minimum absolute atomic E-state index is 0.445. The van der Waals surface area contributed by atoms with Crippen LogP contribution >= 0.6 is 11.6 Å². The van der Waals surface area contributed by atoms with Gasteiger partial charge in [0.25, 0.3) is 0 Å². The van der Waals surface area contributed by atoms with Crippen molar-refractivity contribution in [2.75, 3.05) is 50.0 Å². The van der Waals surface area contributed by atoms with Crippen molar-refractivity contribution >= 4 is 34.8 Å². The molecule has 0 aromatic heterocycles. The van der Waals surface area contributed by atoms with Gasteiger partial charge in [0.2, 0.25) is 0 Å². The third-order valence-corrected chi connectivity index (χ3v) is 5.62. The molecule has 7 heteroatoms. The van der Waals surface area contributed by atoms with Crippen molar-refractivity contribution in [3.8, 4) is 0 Å². The first-order valence-corrected chi connectivity index (χ1v) is 10.7. The number of hydrogen-bond acceptors (Lipinski definition) is 4. The van der Waals surface area contributed by atoms with Crippen LogP contribution in [0.2, 0.25) is 5.02 Å². The molecule has 0 radical (unpaired) electrons. The van der Waals surface area contributed by atoms with Crippen LogP contribution in [0, 0.1) is 6.92 Å². The summed E-state index contributed by atoms with van der Waals surface area (Å²) in [5.74, 6) is -1.32. The van der Waals surface area contributed by atoms with Crippen LogP contribution in [0.3, 0.4) is 0 Å². The van der Waals surface area contributed by atoms with Crippen molar-refractivity contribution in [3.63, 3.8) is 0 Å². The fourth-order valence-corrected chi connectivity index (χ4v) is 3.59. The van der Waals surface area contributed by atoms with Gasteiger partial charge in [0.05, 0.1) is 0 Å². The summed E-state index contributed by atoms with van der Waals surface area (Å²) in [4.78, 5) is 28.9. The number of carbonyl (C=O) groups is 2. The van der Waals surface area contributed by atoms with Crippen LogP contribution in [0.25, 0.3) is 0 Å². The number of amides is 2. The maximum absolute atomic E-state index is 12.1. The zero-order valence-electron chi connectivity index (χ0n) is 17.6. The molecule has 0 spiro atoms. The number of nitrogens with one attached hydrogen (secondary N) is 2. The quantitative estimate of drug-likeness (QED) is 0.548. The van der Waals surface area contributed by atoms with Gasteiger partial charge in [-0.25, -0.2) is 0 Å². The Bertz CT molecular complexity index is 877. The van der Waals surface area contributed by atoms with E-state index in [1.165, 1.54) is 11.3 Å². The smallest absolute Gasteiger partial charge is 0.313 e. The van der Waals surface area contributed by atoms with Crippen molar-refractivity contribution in [1.29, 1.82) is 0 Å². The van der Waals surface area contributed by atoms with Gasteiger partial charge < -0.3 is 20.4 Å². The van der Waals surface area contributed by atoms with Gasteiger partial charge in [-0.1, -0.05) is 29.8 Å². The minimum Gasteiger partial charge on any atom is -0.369 e. The van der Waals surface area contributed by atoms with E-state index in [-0.39, 0.29) is 0 Å². The van der Waals surface area contributed by atoms with Crippen LogP contribution in [0.5, 0.6) is 0 Å². The summed E-state index contributed by atoms with van der Waals surface area (Å²) < 4.78 is 0. The molecule has 0 bridgehead atoms. The SMILES string of the molecule is Cc1ccc(Cl)cc1NC(=O)C(=O)NCCCc1ccc(N2CCN(C)CC2)cc1. The van der Waals surface area contributed by atoms with Gasteiger partial charge in [0, 0.05) is 49.1 Å². The Morgan fingerprint density at radius 2 is 1.70 bits per heavy atom. The summed E-state index contributed by atoms with van der Waals surface area (Å²) in [5, 5.41) is 5.79. The highest BCUT2D eigenvalue weighted by molar-refractivity contribution is 6.40. The number of nitrogens with zero attached hydrogens (tertiary/aromatic N) is 2. The molecule has 2 N–H and O–H groups in total. The molecule has 6 nitrogen and oxygen atoms in total. The molecule has 0 atom stereocenters. The largest absolute Gasteiger partial charge is 0.369 e. The second-order valence-corrected chi connectivity index (χ2v) is 8.17. The number of benzene rings is 2. The second kappa shape index (κ2) is 10.5. The summed E-state index contributed by atoms with van der Waals surface area (Å²) in [6.45, 7) is 6.58. The third kappa shape index (κ3) is 6.21. The Kier molecular flexibility index (Phi) is 7.71. The van der Waals surface area contributed by atoms with Gasteiger partial charge in [-0.15, -0.1) is 0 Å². The van der Waals surface area contributed by atoms with Gasteiger partial charge in [-0.2, -0.15) is 0 Å². The molecule has 2 aromatic carbocycles. The fraction of sp³-hybridized carbons (Fsp3) is 0.391. The zero-order chi connectivity index (χ0) is 21.5. The number of aryl methyl sites for hydroxylation is 2. The molecular formula is C23H29ClN4O2. The predicted molar refractivity (Wildman–Crippen MR) is 122 cm³/mol. The highest BCUT2D eigenvalue weighted by Crippen LogP contribution is 2.20. The van der Waals surface area contributed by atoms with E-state index in [9.17, 15) is 9.59 Å². The van der Waals surface area contributed by atoms with Gasteiger partial charge >= 0.3 is 11.8 Å². The van der Waals surface area contributed by atoms with Crippen molar-refractivity contribution in [1.82, 2.24) is 10.2 Å². The van der Waals surface area contributed by atoms with Crippen LogP contribution in [-0.2, 0) is 16.0 Å². The summed E-state index contributed by atoms with van der Waals surface area (Å²) in [7, 11) is 2.15. The minimum atomic E-state index is -0.683. The summed E-state index contributed by atoms with van der Waals surface area (Å²) in [6.07, 6.45) is 1.61. The van der Waals surface area contributed by atoms with Crippen LogP contribution in [0.4, 0.5) is 11.4 Å². The number of piperazine rings is 1. The molecule has 0 unspecified atom stereocenters. The molecule has 0 aliphatic carbocycles. The fourth-order valence-electron chi connectivity index (χ4n) is 3.42. The number of halogens is 1. The summed E-state index contributed by atoms with van der Waals surface area (Å²) in [6, 6.07) is 13.8. The van der Waals surface area contributed by atoms with Crippen molar-refractivity contribution < 1.29 is 9.59 Å². The Hall–Kier alpha value is -2.57. The van der Waals surface area contributed by atoms with Crippen LogP contribution in [0.15, 0.2) is 42.5 Å². The molecule has 1 saturated heterocycles. The second-order valence-electron chi connectivity index (χ2n) is 7.73. The van der Waals surface area contributed by atoms with E-state index in [0.717, 1.165) is 44.6 Å². The lowest BCUT2D eigenvalue weighted by Gasteiger charge is -2.34. The average Bonchev–Trinajstić information content (AvgIpc) is 2.74. The first-order chi connectivity index (χ1) is 14.4. The van der Waals surface area contributed by atoms with Crippen molar-refractivity contribution in [2.24, 2.45) is 0 Å². The molecule has 2 aromatic rings. The van der Waals surface area contributed by atoms with Gasteiger partial charge in [-0.3, -0.25) is 9.59 Å². The van der Waals surface area contributed by atoms with Crippen molar-refractivity contribution in [2.45, 2.75) is 19.8 Å². The molecule has 160 valence electrons. The average molecular weight is 429 g/mol. The Morgan fingerprint density at radius 1 is 1.00 bits per heavy atom. The van der Waals surface area contributed by atoms with Crippen LogP contribution < -0.4 is 15.5 Å². The van der Waals surface area contributed by atoms with E-state index in [4.69, 9.17) is 11.6 Å². The first kappa shape index (κ1) is 22.1. The van der Waals surface area contributed by atoms with E-state index in [1.54, 1.807) is 18.2 Å². The molecule has 0 saturated carbocycles. The molecule has 3 rings (SSSR count). The number of anilines is 2. The number of carbonyl (C=O) groups excluding carboxylic acids is 2. The van der Waals surface area contributed by atoms with Gasteiger partial charge in [0.15, 0.2) is 0 Å². The third-order valence-electron chi connectivity index (χ3n) is 5.39. The van der Waals surface area contributed by atoms with Gasteiger partial charge in [0.1, 0.15) is 0 Å². The number of likely N-dealkylation sites (N-methyl/N-ethyl adjacent to an activating group) is 1. The molecule has 1 aliphatic rings. The molecule has 1 fully saturated rings. The van der Waals surface area contributed by atoms with E-state index in [2.05, 4.69) is 51.7 Å².